The lowest BCUT2D eigenvalue weighted by molar-refractivity contribution is 0.399. The molecule has 6 heteroatoms. The molecule has 5 nitrogen and oxygen atoms in total. The van der Waals surface area contributed by atoms with E-state index in [1.54, 1.807) is 12.3 Å². The van der Waals surface area contributed by atoms with Crippen LogP contribution in [0.25, 0.3) is 0 Å². The van der Waals surface area contributed by atoms with Crippen molar-refractivity contribution < 1.29 is 0 Å². The largest absolute Gasteiger partial charge is 0.362 e. The van der Waals surface area contributed by atoms with E-state index in [4.69, 9.17) is 17.3 Å². The van der Waals surface area contributed by atoms with Crippen molar-refractivity contribution in [2.45, 2.75) is 44.8 Å². The van der Waals surface area contributed by atoms with Gasteiger partial charge in [-0.1, -0.05) is 17.7 Å². The SMILES string of the molecule is C=CCn1ncc(N2C(C)CCCC2CN)c(Cl)c1=O. The maximum atomic E-state index is 12.2. The summed E-state index contributed by atoms with van der Waals surface area (Å²) in [5.74, 6) is 0. The third-order valence-corrected chi connectivity index (χ3v) is 4.20. The summed E-state index contributed by atoms with van der Waals surface area (Å²) in [5.41, 5.74) is 6.27. The van der Waals surface area contributed by atoms with Gasteiger partial charge in [0.15, 0.2) is 0 Å². The fraction of sp³-hybridized carbons (Fsp3) is 0.571. The van der Waals surface area contributed by atoms with Crippen molar-refractivity contribution in [2.24, 2.45) is 5.73 Å². The smallest absolute Gasteiger partial charge is 0.287 e. The summed E-state index contributed by atoms with van der Waals surface area (Å²) in [4.78, 5) is 14.3. The predicted molar refractivity (Wildman–Crippen MR) is 82.3 cm³/mol. The Bertz CT molecular complexity index is 542. The van der Waals surface area contributed by atoms with Crippen molar-refractivity contribution in [3.05, 3.63) is 34.2 Å². The van der Waals surface area contributed by atoms with Gasteiger partial charge >= 0.3 is 0 Å². The molecule has 20 heavy (non-hydrogen) atoms. The number of aromatic nitrogens is 2. The molecule has 0 radical (unpaired) electrons. The van der Waals surface area contributed by atoms with Gasteiger partial charge in [0.05, 0.1) is 18.4 Å². The average Bonchev–Trinajstić information content (AvgIpc) is 2.45. The van der Waals surface area contributed by atoms with Crippen molar-refractivity contribution in [3.63, 3.8) is 0 Å². The number of nitrogens with zero attached hydrogens (tertiary/aromatic N) is 3. The molecule has 0 saturated carbocycles. The number of allylic oxidation sites excluding steroid dienone is 1. The highest BCUT2D eigenvalue weighted by Crippen LogP contribution is 2.31. The summed E-state index contributed by atoms with van der Waals surface area (Å²) in [6.45, 7) is 6.65. The lowest BCUT2D eigenvalue weighted by Crippen LogP contribution is -2.49. The predicted octanol–water partition coefficient (Wildman–Crippen LogP) is 1.79. The average molecular weight is 297 g/mol. The molecule has 0 bridgehead atoms. The molecule has 1 aliphatic heterocycles. The molecular formula is C14H21ClN4O. The van der Waals surface area contributed by atoms with Gasteiger partial charge < -0.3 is 10.6 Å². The van der Waals surface area contributed by atoms with E-state index >= 15 is 0 Å². The van der Waals surface area contributed by atoms with E-state index in [1.165, 1.54) is 4.68 Å². The first kappa shape index (κ1) is 15.1. The van der Waals surface area contributed by atoms with Crippen molar-refractivity contribution in [3.8, 4) is 0 Å². The maximum Gasteiger partial charge on any atom is 0.287 e. The number of anilines is 1. The zero-order valence-corrected chi connectivity index (χ0v) is 12.5. The second kappa shape index (κ2) is 6.41. The number of hydrogen-bond donors (Lipinski definition) is 1. The maximum absolute atomic E-state index is 12.2. The molecule has 2 rings (SSSR count). The molecule has 0 aromatic carbocycles. The minimum absolute atomic E-state index is 0.215. The van der Waals surface area contributed by atoms with E-state index in [0.717, 1.165) is 19.3 Å². The minimum atomic E-state index is -0.280. The third kappa shape index (κ3) is 2.74. The summed E-state index contributed by atoms with van der Waals surface area (Å²) >= 11 is 6.26. The van der Waals surface area contributed by atoms with Crippen LogP contribution < -0.4 is 16.2 Å². The van der Waals surface area contributed by atoms with E-state index in [-0.39, 0.29) is 16.6 Å². The molecular weight excluding hydrogens is 276 g/mol. The van der Waals surface area contributed by atoms with Crippen LogP contribution >= 0.6 is 11.6 Å². The molecule has 1 aromatic heterocycles. The van der Waals surface area contributed by atoms with Crippen molar-refractivity contribution >= 4 is 17.3 Å². The summed E-state index contributed by atoms with van der Waals surface area (Å²) in [7, 11) is 0. The second-order valence-electron chi connectivity index (χ2n) is 5.20. The summed E-state index contributed by atoms with van der Waals surface area (Å²) in [6.07, 6.45) is 6.53. The molecule has 2 heterocycles. The highest BCUT2D eigenvalue weighted by atomic mass is 35.5. The minimum Gasteiger partial charge on any atom is -0.362 e. The van der Waals surface area contributed by atoms with Crippen LogP contribution in [0.4, 0.5) is 5.69 Å². The molecule has 2 unspecified atom stereocenters. The molecule has 0 aliphatic carbocycles. The fourth-order valence-electron chi connectivity index (χ4n) is 2.84. The first-order chi connectivity index (χ1) is 9.60. The van der Waals surface area contributed by atoms with E-state index in [9.17, 15) is 4.79 Å². The first-order valence-electron chi connectivity index (χ1n) is 6.95. The fourth-order valence-corrected chi connectivity index (χ4v) is 3.09. The van der Waals surface area contributed by atoms with Crippen LogP contribution in [0, 0.1) is 0 Å². The quantitative estimate of drug-likeness (QED) is 0.861. The number of piperidine rings is 1. The Labute approximate surface area is 124 Å². The molecule has 2 atom stereocenters. The van der Waals surface area contributed by atoms with E-state index in [1.807, 2.05) is 0 Å². The van der Waals surface area contributed by atoms with Crippen LogP contribution in [0.1, 0.15) is 26.2 Å². The Hall–Kier alpha value is -1.33. The highest BCUT2D eigenvalue weighted by molar-refractivity contribution is 6.33. The van der Waals surface area contributed by atoms with Gasteiger partial charge in [-0.25, -0.2) is 4.68 Å². The standard InChI is InChI=1S/C14H21ClN4O/c1-3-7-18-14(20)13(15)12(9-17-18)19-10(2)5-4-6-11(19)8-16/h3,9-11H,1,4-8,16H2,2H3. The second-order valence-corrected chi connectivity index (χ2v) is 5.57. The first-order valence-corrected chi connectivity index (χ1v) is 7.32. The van der Waals surface area contributed by atoms with Gasteiger partial charge in [0.25, 0.3) is 5.56 Å². The van der Waals surface area contributed by atoms with E-state index < -0.39 is 0 Å². The van der Waals surface area contributed by atoms with Gasteiger partial charge in [0, 0.05) is 18.6 Å². The number of halogens is 1. The van der Waals surface area contributed by atoms with Crippen LogP contribution in [-0.2, 0) is 6.54 Å². The van der Waals surface area contributed by atoms with Crippen LogP contribution in [0.3, 0.4) is 0 Å². The molecule has 1 saturated heterocycles. The zero-order chi connectivity index (χ0) is 14.7. The topological polar surface area (TPSA) is 64.2 Å². The lowest BCUT2D eigenvalue weighted by Gasteiger charge is -2.42. The Morgan fingerprint density at radius 2 is 2.35 bits per heavy atom. The van der Waals surface area contributed by atoms with Gasteiger partial charge in [-0.05, 0) is 26.2 Å². The summed E-state index contributed by atoms with van der Waals surface area (Å²) < 4.78 is 1.31. The monoisotopic (exact) mass is 296 g/mol. The summed E-state index contributed by atoms with van der Waals surface area (Å²) in [5, 5.41) is 4.39. The summed E-state index contributed by atoms with van der Waals surface area (Å²) in [6, 6.07) is 0.527. The van der Waals surface area contributed by atoms with Gasteiger partial charge in [0.1, 0.15) is 5.02 Å². The van der Waals surface area contributed by atoms with Gasteiger partial charge in [0.2, 0.25) is 0 Å². The van der Waals surface area contributed by atoms with Crippen LogP contribution in [-0.4, -0.2) is 28.4 Å². The zero-order valence-electron chi connectivity index (χ0n) is 11.8. The van der Waals surface area contributed by atoms with Gasteiger partial charge in [-0.3, -0.25) is 4.79 Å². The van der Waals surface area contributed by atoms with E-state index in [2.05, 4.69) is 23.5 Å². The Balaban J connectivity index is 2.43. The van der Waals surface area contributed by atoms with Crippen LogP contribution in [0.2, 0.25) is 5.02 Å². The lowest BCUT2D eigenvalue weighted by atomic mass is 9.96. The van der Waals surface area contributed by atoms with Gasteiger partial charge in [-0.2, -0.15) is 5.10 Å². The molecule has 0 amide bonds. The Morgan fingerprint density at radius 1 is 1.60 bits per heavy atom. The number of rotatable bonds is 4. The Kier molecular flexibility index (Phi) is 4.83. The van der Waals surface area contributed by atoms with E-state index in [0.29, 0.717) is 24.8 Å². The molecule has 1 aliphatic rings. The molecule has 1 aromatic rings. The highest BCUT2D eigenvalue weighted by Gasteiger charge is 2.29. The normalized spacial score (nSPS) is 22.9. The van der Waals surface area contributed by atoms with Gasteiger partial charge in [-0.15, -0.1) is 6.58 Å². The Morgan fingerprint density at radius 3 is 3.00 bits per heavy atom. The third-order valence-electron chi connectivity index (χ3n) is 3.85. The number of nitrogens with two attached hydrogens (primary N) is 1. The van der Waals surface area contributed by atoms with Crippen molar-refractivity contribution in [2.75, 3.05) is 11.4 Å². The van der Waals surface area contributed by atoms with Crippen molar-refractivity contribution in [1.82, 2.24) is 9.78 Å². The van der Waals surface area contributed by atoms with Crippen LogP contribution in [0.15, 0.2) is 23.6 Å². The number of hydrogen-bond acceptors (Lipinski definition) is 4. The molecule has 110 valence electrons. The molecule has 2 N–H and O–H groups in total. The molecule has 1 fully saturated rings. The van der Waals surface area contributed by atoms with Crippen LogP contribution in [0.5, 0.6) is 0 Å². The molecule has 0 spiro atoms. The van der Waals surface area contributed by atoms with Crippen molar-refractivity contribution in [1.29, 1.82) is 0 Å².